The average Bonchev–Trinajstić information content (AvgIpc) is 3.19. The van der Waals surface area contributed by atoms with Gasteiger partial charge >= 0.3 is 0 Å². The number of piperidine rings is 1. The van der Waals surface area contributed by atoms with E-state index in [-0.39, 0.29) is 17.9 Å². The Kier molecular flexibility index (Phi) is 6.48. The highest BCUT2D eigenvalue weighted by Gasteiger charge is 2.27. The highest BCUT2D eigenvalue weighted by molar-refractivity contribution is 6.35. The third-order valence-corrected chi connectivity index (χ3v) is 7.09. The lowest BCUT2D eigenvalue weighted by molar-refractivity contribution is -0.127. The van der Waals surface area contributed by atoms with Crippen molar-refractivity contribution < 1.29 is 4.79 Å². The smallest absolute Gasteiger partial charge is 0.223 e. The van der Waals surface area contributed by atoms with Crippen molar-refractivity contribution in [1.82, 2.24) is 10.2 Å². The topological polar surface area (TPSA) is 32.3 Å². The van der Waals surface area contributed by atoms with E-state index in [0.29, 0.717) is 10.0 Å². The molecule has 0 spiro atoms. The van der Waals surface area contributed by atoms with Crippen LogP contribution in [0.1, 0.15) is 54.5 Å². The zero-order valence-corrected chi connectivity index (χ0v) is 18.4. The van der Waals surface area contributed by atoms with Crippen LogP contribution in [0.2, 0.25) is 10.0 Å². The number of benzene rings is 2. The Hall–Kier alpha value is -1.55. The van der Waals surface area contributed by atoms with Gasteiger partial charge < -0.3 is 5.32 Å². The summed E-state index contributed by atoms with van der Waals surface area (Å²) in [5, 5.41) is 4.66. The summed E-state index contributed by atoms with van der Waals surface area (Å²) in [4.78, 5) is 15.2. The number of fused-ring (bicyclic) bond motifs is 1. The summed E-state index contributed by atoms with van der Waals surface area (Å²) >= 11 is 12.6. The van der Waals surface area contributed by atoms with Crippen molar-refractivity contribution in [2.24, 2.45) is 5.92 Å². The maximum Gasteiger partial charge on any atom is 0.223 e. The summed E-state index contributed by atoms with van der Waals surface area (Å²) in [5.74, 6) is 0.248. The number of nitrogens with one attached hydrogen (secondary N) is 1. The van der Waals surface area contributed by atoms with Crippen molar-refractivity contribution >= 4 is 29.1 Å². The van der Waals surface area contributed by atoms with Gasteiger partial charge in [0.05, 0.1) is 6.04 Å². The van der Waals surface area contributed by atoms with Crippen LogP contribution in [0.15, 0.2) is 36.4 Å². The van der Waals surface area contributed by atoms with Crippen LogP contribution >= 0.6 is 23.2 Å². The molecule has 2 aliphatic rings. The second kappa shape index (κ2) is 9.07. The molecule has 3 nitrogen and oxygen atoms in total. The van der Waals surface area contributed by atoms with E-state index in [1.807, 2.05) is 18.2 Å². The van der Waals surface area contributed by atoms with Gasteiger partial charge in [-0.1, -0.05) is 47.5 Å². The maximum atomic E-state index is 12.8. The summed E-state index contributed by atoms with van der Waals surface area (Å²) < 4.78 is 0. The summed E-state index contributed by atoms with van der Waals surface area (Å²) in [7, 11) is 0. The minimum absolute atomic E-state index is 0.0494. The Morgan fingerprint density at radius 2 is 1.79 bits per heavy atom. The molecule has 154 valence electrons. The van der Waals surface area contributed by atoms with E-state index in [4.69, 9.17) is 23.2 Å². The van der Waals surface area contributed by atoms with Crippen LogP contribution in [0.25, 0.3) is 0 Å². The number of carbonyl (C=O) groups is 1. The molecule has 1 fully saturated rings. The summed E-state index contributed by atoms with van der Waals surface area (Å²) in [5.41, 5.74) is 5.11. The quantitative estimate of drug-likeness (QED) is 0.671. The van der Waals surface area contributed by atoms with Crippen molar-refractivity contribution in [2.45, 2.75) is 51.6 Å². The minimum atomic E-state index is 0.0494. The Morgan fingerprint density at radius 1 is 1.10 bits per heavy atom. The van der Waals surface area contributed by atoms with Crippen LogP contribution in [-0.2, 0) is 24.2 Å². The predicted molar refractivity (Wildman–Crippen MR) is 119 cm³/mol. The number of likely N-dealkylation sites (tertiary alicyclic amines) is 1. The van der Waals surface area contributed by atoms with E-state index < -0.39 is 0 Å². The molecule has 1 N–H and O–H groups in total. The largest absolute Gasteiger partial charge is 0.349 e. The third-order valence-electron chi connectivity index (χ3n) is 6.38. The van der Waals surface area contributed by atoms with Gasteiger partial charge in [0.25, 0.3) is 0 Å². The van der Waals surface area contributed by atoms with Crippen molar-refractivity contribution in [1.29, 1.82) is 0 Å². The van der Waals surface area contributed by atoms with E-state index in [1.165, 1.54) is 29.5 Å². The number of halogens is 2. The predicted octanol–water partition coefficient (Wildman–Crippen LogP) is 5.57. The third kappa shape index (κ3) is 4.79. The zero-order chi connectivity index (χ0) is 20.4. The molecule has 1 atom stereocenters. The molecule has 0 radical (unpaired) electrons. The van der Waals surface area contributed by atoms with E-state index in [9.17, 15) is 4.79 Å². The van der Waals surface area contributed by atoms with Gasteiger partial charge in [0, 0.05) is 28.1 Å². The van der Waals surface area contributed by atoms with Gasteiger partial charge in [-0.15, -0.1) is 0 Å². The number of hydrogen-bond donors (Lipinski definition) is 1. The summed E-state index contributed by atoms with van der Waals surface area (Å²) in [6.07, 6.45) is 5.33. The van der Waals surface area contributed by atoms with Crippen LogP contribution in [0.3, 0.4) is 0 Å². The maximum absolute atomic E-state index is 12.8. The molecule has 0 saturated carbocycles. The molecule has 4 rings (SSSR count). The number of hydrogen-bond acceptors (Lipinski definition) is 2. The first-order valence-electron chi connectivity index (χ1n) is 10.6. The molecular weight excluding hydrogens is 403 g/mol. The Labute approximate surface area is 183 Å². The second-order valence-electron chi connectivity index (χ2n) is 8.36. The average molecular weight is 431 g/mol. The van der Waals surface area contributed by atoms with Gasteiger partial charge in [-0.25, -0.2) is 0 Å². The van der Waals surface area contributed by atoms with E-state index in [2.05, 4.69) is 35.3 Å². The minimum Gasteiger partial charge on any atom is -0.349 e. The van der Waals surface area contributed by atoms with E-state index in [0.717, 1.165) is 44.5 Å². The molecule has 1 amide bonds. The summed E-state index contributed by atoms with van der Waals surface area (Å²) in [6.45, 7) is 4.58. The van der Waals surface area contributed by atoms with Crippen molar-refractivity contribution in [3.05, 3.63) is 68.7 Å². The van der Waals surface area contributed by atoms with Crippen LogP contribution in [0.4, 0.5) is 0 Å². The lowest BCUT2D eigenvalue weighted by atomic mass is 9.94. The summed E-state index contributed by atoms with van der Waals surface area (Å²) in [6, 6.07) is 12.4. The van der Waals surface area contributed by atoms with Crippen LogP contribution in [0.5, 0.6) is 0 Å². The number of rotatable bonds is 5. The SMILES string of the molecule is CC(NC(=O)C1CCN(Cc2c(Cl)cccc2Cl)CC1)c1ccc2c(c1)CCC2. The van der Waals surface area contributed by atoms with Crippen LogP contribution in [0, 0.1) is 5.92 Å². The molecule has 1 aliphatic heterocycles. The van der Waals surface area contributed by atoms with E-state index >= 15 is 0 Å². The van der Waals surface area contributed by atoms with Gasteiger partial charge in [0.1, 0.15) is 0 Å². The molecule has 29 heavy (non-hydrogen) atoms. The first-order valence-corrected chi connectivity index (χ1v) is 11.3. The van der Waals surface area contributed by atoms with Gasteiger partial charge in [0.15, 0.2) is 0 Å². The molecule has 2 aromatic rings. The molecule has 0 bridgehead atoms. The van der Waals surface area contributed by atoms with Gasteiger partial charge in [-0.2, -0.15) is 0 Å². The molecular formula is C24H28Cl2N2O. The number of aryl methyl sites for hydroxylation is 2. The molecule has 1 heterocycles. The Bertz CT molecular complexity index is 870. The highest BCUT2D eigenvalue weighted by atomic mass is 35.5. The van der Waals surface area contributed by atoms with Gasteiger partial charge in [0.2, 0.25) is 5.91 Å². The number of nitrogens with zero attached hydrogens (tertiary/aromatic N) is 1. The Balaban J connectivity index is 1.30. The molecule has 5 heteroatoms. The fraction of sp³-hybridized carbons (Fsp3) is 0.458. The lowest BCUT2D eigenvalue weighted by Gasteiger charge is -2.32. The molecule has 1 unspecified atom stereocenters. The van der Waals surface area contributed by atoms with Crippen molar-refractivity contribution in [2.75, 3.05) is 13.1 Å². The lowest BCUT2D eigenvalue weighted by Crippen LogP contribution is -2.41. The van der Waals surface area contributed by atoms with Gasteiger partial charge in [-0.3, -0.25) is 9.69 Å². The van der Waals surface area contributed by atoms with Crippen molar-refractivity contribution in [3.8, 4) is 0 Å². The molecule has 0 aromatic heterocycles. The van der Waals surface area contributed by atoms with Crippen LogP contribution in [-0.4, -0.2) is 23.9 Å². The zero-order valence-electron chi connectivity index (χ0n) is 16.9. The molecule has 2 aromatic carbocycles. The van der Waals surface area contributed by atoms with E-state index in [1.54, 1.807) is 0 Å². The second-order valence-corrected chi connectivity index (χ2v) is 9.18. The first kappa shape index (κ1) is 20.7. The fourth-order valence-corrected chi connectivity index (χ4v) is 5.05. The highest BCUT2D eigenvalue weighted by Crippen LogP contribution is 2.29. The normalized spacial score (nSPS) is 18.4. The Morgan fingerprint density at radius 3 is 2.52 bits per heavy atom. The monoisotopic (exact) mass is 430 g/mol. The standard InChI is InChI=1S/C24H28Cl2N2O/c1-16(19-9-8-17-4-2-5-20(17)14-19)27-24(29)18-10-12-28(13-11-18)15-21-22(25)6-3-7-23(21)26/h3,6-9,14,16,18H,2,4-5,10-13,15H2,1H3,(H,27,29). The number of amides is 1. The molecule has 1 aliphatic carbocycles. The fourth-order valence-electron chi connectivity index (χ4n) is 4.54. The van der Waals surface area contributed by atoms with Crippen molar-refractivity contribution in [3.63, 3.8) is 0 Å². The first-order chi connectivity index (χ1) is 14.0. The number of carbonyl (C=O) groups excluding carboxylic acids is 1. The molecule has 1 saturated heterocycles. The van der Waals surface area contributed by atoms with Gasteiger partial charge in [-0.05, 0) is 80.9 Å². The van der Waals surface area contributed by atoms with Crippen LogP contribution < -0.4 is 5.32 Å².